The number of hydrogen-bond acceptors (Lipinski definition) is 3. The number of nitrogens with zero attached hydrogens (tertiary/aromatic N) is 2. The highest BCUT2D eigenvalue weighted by Gasteiger charge is 2.28. The van der Waals surface area contributed by atoms with E-state index in [1.807, 2.05) is 30.0 Å². The fourth-order valence-electron chi connectivity index (χ4n) is 3.79. The molecule has 1 saturated heterocycles. The van der Waals surface area contributed by atoms with Gasteiger partial charge in [-0.3, -0.25) is 4.79 Å². The summed E-state index contributed by atoms with van der Waals surface area (Å²) in [5.74, 6) is -0.661. The molecule has 166 valence electrons. The molecule has 1 N–H and O–H groups in total. The van der Waals surface area contributed by atoms with Crippen LogP contribution in [0.25, 0.3) is 0 Å². The van der Waals surface area contributed by atoms with E-state index in [0.717, 1.165) is 50.7 Å². The van der Waals surface area contributed by atoms with Crippen LogP contribution in [0, 0.1) is 0 Å². The van der Waals surface area contributed by atoms with E-state index in [-0.39, 0.29) is 5.91 Å². The summed E-state index contributed by atoms with van der Waals surface area (Å²) in [6.07, 6.45) is 6.32. The van der Waals surface area contributed by atoms with Crippen molar-refractivity contribution < 1.29 is 14.7 Å². The van der Waals surface area contributed by atoms with Crippen LogP contribution in [-0.2, 0) is 16.0 Å². The van der Waals surface area contributed by atoms with Crippen molar-refractivity contribution in [3.63, 3.8) is 0 Å². The van der Waals surface area contributed by atoms with Gasteiger partial charge in [-0.1, -0.05) is 61.5 Å². The molecule has 0 radical (unpaired) electrons. The predicted molar refractivity (Wildman–Crippen MR) is 126 cm³/mol. The first-order valence-corrected chi connectivity index (χ1v) is 11.0. The highest BCUT2D eigenvalue weighted by atomic mass is 16.4. The third-order valence-corrected chi connectivity index (χ3v) is 5.40. The third-order valence-electron chi connectivity index (χ3n) is 5.40. The van der Waals surface area contributed by atoms with E-state index in [2.05, 4.69) is 47.4 Å². The second kappa shape index (κ2) is 13.4. The predicted octanol–water partition coefficient (Wildman–Crippen LogP) is 4.78. The number of aliphatic carboxylic acids is 1. The van der Waals surface area contributed by atoms with Crippen molar-refractivity contribution in [1.29, 1.82) is 0 Å². The number of carboxylic acid groups (broad SMARTS) is 1. The van der Waals surface area contributed by atoms with Gasteiger partial charge in [-0.2, -0.15) is 0 Å². The standard InChI is InChI=1S/C22H28N2O.C4H6O2/c1-2-22(25)24(20-11-7-4-8-12-20)21-14-17-23(18-15-21)16-13-19-9-5-3-6-10-19;1-2-3-4(5)6/h3-12,21H,2,13-18H2,1H3;2-3H,1H3,(H,5,6)/b;3-2+. The number of carboxylic acids is 1. The van der Waals surface area contributed by atoms with Gasteiger partial charge in [-0.15, -0.1) is 0 Å². The largest absolute Gasteiger partial charge is 0.478 e. The van der Waals surface area contributed by atoms with Crippen molar-refractivity contribution in [1.82, 2.24) is 4.90 Å². The van der Waals surface area contributed by atoms with Crippen LogP contribution in [0.2, 0.25) is 0 Å². The Morgan fingerprint density at radius 1 is 1.03 bits per heavy atom. The van der Waals surface area contributed by atoms with Gasteiger partial charge < -0.3 is 14.9 Å². The first-order chi connectivity index (χ1) is 15.0. The minimum Gasteiger partial charge on any atom is -0.478 e. The molecule has 1 aliphatic rings. The topological polar surface area (TPSA) is 60.9 Å². The molecule has 0 bridgehead atoms. The van der Waals surface area contributed by atoms with Crippen LogP contribution in [0.1, 0.15) is 38.7 Å². The van der Waals surface area contributed by atoms with Gasteiger partial charge in [-0.25, -0.2) is 4.79 Å². The Labute approximate surface area is 186 Å². The highest BCUT2D eigenvalue weighted by Crippen LogP contribution is 2.24. The second-order valence-corrected chi connectivity index (χ2v) is 7.60. The molecule has 2 aromatic carbocycles. The molecule has 0 atom stereocenters. The summed E-state index contributed by atoms with van der Waals surface area (Å²) in [7, 11) is 0. The zero-order valence-electron chi connectivity index (χ0n) is 18.6. The van der Waals surface area contributed by atoms with E-state index in [0.29, 0.717) is 12.5 Å². The molecule has 2 aromatic rings. The van der Waals surface area contributed by atoms with Crippen molar-refractivity contribution in [2.45, 2.75) is 45.6 Å². The lowest BCUT2D eigenvalue weighted by molar-refractivity contribution is -0.131. The van der Waals surface area contributed by atoms with Gasteiger partial charge in [-0.05, 0) is 43.9 Å². The minimum atomic E-state index is -0.891. The van der Waals surface area contributed by atoms with Crippen molar-refractivity contribution in [3.05, 3.63) is 78.4 Å². The van der Waals surface area contributed by atoms with Gasteiger partial charge in [0.1, 0.15) is 0 Å². The van der Waals surface area contributed by atoms with E-state index in [1.165, 1.54) is 11.6 Å². The lowest BCUT2D eigenvalue weighted by Gasteiger charge is -2.38. The molecular weight excluding hydrogens is 388 g/mol. The number of rotatable bonds is 7. The zero-order valence-corrected chi connectivity index (χ0v) is 18.6. The van der Waals surface area contributed by atoms with Crippen LogP contribution in [0.15, 0.2) is 72.8 Å². The average molecular weight is 423 g/mol. The minimum absolute atomic E-state index is 0.230. The first kappa shape index (κ1) is 24.4. The maximum atomic E-state index is 12.5. The molecule has 0 unspecified atom stereocenters. The summed E-state index contributed by atoms with van der Waals surface area (Å²) in [5, 5.41) is 7.83. The van der Waals surface area contributed by atoms with E-state index in [1.54, 1.807) is 6.92 Å². The Kier molecular flexibility index (Phi) is 10.5. The number of hydrogen-bond donors (Lipinski definition) is 1. The molecule has 5 nitrogen and oxygen atoms in total. The maximum absolute atomic E-state index is 12.5. The molecule has 1 heterocycles. The Morgan fingerprint density at radius 2 is 1.61 bits per heavy atom. The Balaban J connectivity index is 0.000000501. The highest BCUT2D eigenvalue weighted by molar-refractivity contribution is 5.93. The number of benzene rings is 2. The van der Waals surface area contributed by atoms with Crippen LogP contribution in [0.3, 0.4) is 0 Å². The molecule has 0 spiro atoms. The lowest BCUT2D eigenvalue weighted by atomic mass is 10.0. The molecule has 31 heavy (non-hydrogen) atoms. The van der Waals surface area contributed by atoms with Crippen LogP contribution < -0.4 is 4.90 Å². The number of para-hydroxylation sites is 1. The third kappa shape index (κ3) is 8.38. The SMILES string of the molecule is C/C=C/C(=O)O.CCC(=O)N(c1ccccc1)C1CCN(CCc2ccccc2)CC1. The van der Waals surface area contributed by atoms with Gasteiger partial charge in [0.15, 0.2) is 0 Å². The smallest absolute Gasteiger partial charge is 0.327 e. The fraction of sp³-hybridized carbons (Fsp3) is 0.385. The lowest BCUT2D eigenvalue weighted by Crippen LogP contribution is -2.47. The molecule has 5 heteroatoms. The van der Waals surface area contributed by atoms with Crippen molar-refractivity contribution in [2.75, 3.05) is 24.5 Å². The zero-order chi connectivity index (χ0) is 22.5. The Bertz CT molecular complexity index is 813. The quantitative estimate of drug-likeness (QED) is 0.652. The summed E-state index contributed by atoms with van der Waals surface area (Å²) in [6.45, 7) is 6.85. The number of allylic oxidation sites excluding steroid dienone is 1. The van der Waals surface area contributed by atoms with Crippen molar-refractivity contribution in [3.8, 4) is 0 Å². The van der Waals surface area contributed by atoms with Gasteiger partial charge in [0, 0.05) is 43.9 Å². The number of carbonyl (C=O) groups excluding carboxylic acids is 1. The molecule has 1 fully saturated rings. The molecule has 1 aliphatic heterocycles. The molecular formula is C26H34N2O3. The Morgan fingerprint density at radius 3 is 2.10 bits per heavy atom. The van der Waals surface area contributed by atoms with E-state index in [9.17, 15) is 9.59 Å². The van der Waals surface area contributed by atoms with Crippen molar-refractivity contribution >= 4 is 17.6 Å². The van der Waals surface area contributed by atoms with Crippen molar-refractivity contribution in [2.24, 2.45) is 0 Å². The number of amides is 1. The monoisotopic (exact) mass is 422 g/mol. The summed E-state index contributed by atoms with van der Waals surface area (Å²) in [5.41, 5.74) is 2.44. The Hall–Kier alpha value is -2.92. The van der Waals surface area contributed by atoms with Crippen LogP contribution >= 0.6 is 0 Å². The molecule has 0 saturated carbocycles. The molecule has 0 aliphatic carbocycles. The van der Waals surface area contributed by atoms with E-state index >= 15 is 0 Å². The molecule has 1 amide bonds. The maximum Gasteiger partial charge on any atom is 0.327 e. The second-order valence-electron chi connectivity index (χ2n) is 7.60. The normalized spacial score (nSPS) is 14.6. The van der Waals surface area contributed by atoms with Crippen LogP contribution in [0.5, 0.6) is 0 Å². The van der Waals surface area contributed by atoms with Gasteiger partial charge in [0.2, 0.25) is 5.91 Å². The average Bonchev–Trinajstić information content (AvgIpc) is 2.80. The van der Waals surface area contributed by atoms with Crippen LogP contribution in [-0.4, -0.2) is 47.6 Å². The summed E-state index contributed by atoms with van der Waals surface area (Å²) < 4.78 is 0. The summed E-state index contributed by atoms with van der Waals surface area (Å²) in [4.78, 5) is 26.6. The van der Waals surface area contributed by atoms with E-state index < -0.39 is 5.97 Å². The van der Waals surface area contributed by atoms with Gasteiger partial charge >= 0.3 is 5.97 Å². The summed E-state index contributed by atoms with van der Waals surface area (Å²) >= 11 is 0. The number of anilines is 1. The van der Waals surface area contributed by atoms with Gasteiger partial charge in [0.05, 0.1) is 0 Å². The molecule has 3 rings (SSSR count). The summed E-state index contributed by atoms with van der Waals surface area (Å²) in [6, 6.07) is 21.1. The van der Waals surface area contributed by atoms with Gasteiger partial charge in [0.25, 0.3) is 0 Å². The molecule has 0 aromatic heterocycles. The number of carbonyl (C=O) groups is 2. The fourth-order valence-corrected chi connectivity index (χ4v) is 3.79. The first-order valence-electron chi connectivity index (χ1n) is 11.0. The van der Waals surface area contributed by atoms with E-state index in [4.69, 9.17) is 5.11 Å². The number of likely N-dealkylation sites (tertiary alicyclic amines) is 1. The number of piperidine rings is 1. The van der Waals surface area contributed by atoms with Crippen LogP contribution in [0.4, 0.5) is 5.69 Å².